The molecule has 1 aromatic heterocycles. The molecule has 35 heavy (non-hydrogen) atoms. The molecule has 4 aromatic rings. The lowest BCUT2D eigenvalue weighted by molar-refractivity contribution is -0.118. The van der Waals surface area contributed by atoms with E-state index in [0.717, 1.165) is 22.4 Å². The number of nitrogens with one attached hydrogen (secondary N) is 2. The van der Waals surface area contributed by atoms with E-state index in [1.807, 2.05) is 67.1 Å². The highest BCUT2D eigenvalue weighted by atomic mass is 16.5. The maximum Gasteiger partial charge on any atom is 0.262 e. The van der Waals surface area contributed by atoms with Crippen LogP contribution in [0.2, 0.25) is 0 Å². The lowest BCUT2D eigenvalue weighted by Crippen LogP contribution is -2.26. The third-order valence-electron chi connectivity index (χ3n) is 5.60. The van der Waals surface area contributed by atoms with Gasteiger partial charge in [-0.25, -0.2) is 4.98 Å². The van der Waals surface area contributed by atoms with Crippen molar-refractivity contribution in [2.75, 3.05) is 25.6 Å². The molecule has 0 unspecified atom stereocenters. The van der Waals surface area contributed by atoms with Gasteiger partial charge in [-0.2, -0.15) is 0 Å². The molecular formula is C27H28N4O4. The van der Waals surface area contributed by atoms with Gasteiger partial charge in [0.15, 0.2) is 6.61 Å². The standard InChI is InChI=1S/C27H28N4O4/c1-18-7-6-8-20(15-18)35-17-26(32)29-19-11-12-23-22(16-19)30-25(31(23)2)13-14-28-27(33)21-9-4-5-10-24(21)34-3/h4-12,15-16H,13-14,17H2,1-3H3,(H,28,33)(H,29,32). The van der Waals surface area contributed by atoms with E-state index < -0.39 is 0 Å². The van der Waals surface area contributed by atoms with Crippen LogP contribution < -0.4 is 20.1 Å². The summed E-state index contributed by atoms with van der Waals surface area (Å²) in [4.78, 5) is 29.5. The average molecular weight is 473 g/mol. The Hall–Kier alpha value is -4.33. The molecule has 4 rings (SSSR count). The van der Waals surface area contributed by atoms with Gasteiger partial charge >= 0.3 is 0 Å². The van der Waals surface area contributed by atoms with Gasteiger partial charge in [0.25, 0.3) is 11.8 Å². The Morgan fingerprint density at radius 2 is 1.86 bits per heavy atom. The summed E-state index contributed by atoms with van der Waals surface area (Å²) in [6, 6.07) is 20.2. The molecule has 0 radical (unpaired) electrons. The van der Waals surface area contributed by atoms with Gasteiger partial charge in [0.1, 0.15) is 17.3 Å². The number of hydrogen-bond acceptors (Lipinski definition) is 5. The highest BCUT2D eigenvalue weighted by Gasteiger charge is 2.13. The Morgan fingerprint density at radius 3 is 2.66 bits per heavy atom. The number of nitrogens with zero attached hydrogens (tertiary/aromatic N) is 2. The number of amides is 2. The molecular weight excluding hydrogens is 444 g/mol. The number of fused-ring (bicyclic) bond motifs is 1. The minimum Gasteiger partial charge on any atom is -0.496 e. The molecule has 0 aliphatic rings. The van der Waals surface area contributed by atoms with Crippen LogP contribution in [0.5, 0.6) is 11.5 Å². The first-order valence-corrected chi connectivity index (χ1v) is 11.3. The fourth-order valence-corrected chi connectivity index (χ4v) is 3.82. The van der Waals surface area contributed by atoms with Crippen LogP contribution in [0.4, 0.5) is 5.69 Å². The van der Waals surface area contributed by atoms with Gasteiger partial charge in [-0.3, -0.25) is 9.59 Å². The second-order valence-electron chi connectivity index (χ2n) is 8.15. The second kappa shape index (κ2) is 10.7. The molecule has 3 aromatic carbocycles. The maximum atomic E-state index is 12.5. The summed E-state index contributed by atoms with van der Waals surface area (Å²) in [5, 5.41) is 5.77. The molecule has 0 aliphatic heterocycles. The monoisotopic (exact) mass is 472 g/mol. The number of aryl methyl sites for hydroxylation is 2. The van der Waals surface area contributed by atoms with Gasteiger partial charge in [0.2, 0.25) is 0 Å². The third-order valence-corrected chi connectivity index (χ3v) is 5.60. The number of carbonyl (C=O) groups excluding carboxylic acids is 2. The number of benzene rings is 3. The van der Waals surface area contributed by atoms with Crippen LogP contribution >= 0.6 is 0 Å². The van der Waals surface area contributed by atoms with Crippen molar-refractivity contribution >= 4 is 28.5 Å². The lowest BCUT2D eigenvalue weighted by atomic mass is 10.2. The van der Waals surface area contributed by atoms with Crippen molar-refractivity contribution in [3.63, 3.8) is 0 Å². The van der Waals surface area contributed by atoms with Crippen LogP contribution in [0.25, 0.3) is 11.0 Å². The van der Waals surface area contributed by atoms with E-state index in [9.17, 15) is 9.59 Å². The van der Waals surface area contributed by atoms with Crippen LogP contribution in [0, 0.1) is 6.92 Å². The van der Waals surface area contributed by atoms with Gasteiger partial charge in [-0.15, -0.1) is 0 Å². The van der Waals surface area contributed by atoms with E-state index >= 15 is 0 Å². The first kappa shape index (κ1) is 23.8. The highest BCUT2D eigenvalue weighted by molar-refractivity contribution is 5.97. The molecule has 180 valence electrons. The smallest absolute Gasteiger partial charge is 0.262 e. The van der Waals surface area contributed by atoms with Crippen molar-refractivity contribution in [1.82, 2.24) is 14.9 Å². The van der Waals surface area contributed by atoms with E-state index in [0.29, 0.717) is 35.7 Å². The Labute approximate surface area is 203 Å². The van der Waals surface area contributed by atoms with E-state index in [1.165, 1.54) is 0 Å². The largest absolute Gasteiger partial charge is 0.496 e. The number of hydrogen-bond donors (Lipinski definition) is 2. The number of imidazole rings is 1. The topological polar surface area (TPSA) is 94.5 Å². The number of para-hydroxylation sites is 1. The van der Waals surface area contributed by atoms with Crippen molar-refractivity contribution in [2.45, 2.75) is 13.3 Å². The van der Waals surface area contributed by atoms with Crippen LogP contribution in [0.3, 0.4) is 0 Å². The average Bonchev–Trinajstić information content (AvgIpc) is 3.17. The van der Waals surface area contributed by atoms with E-state index in [1.54, 1.807) is 25.3 Å². The first-order chi connectivity index (χ1) is 16.9. The molecule has 0 saturated carbocycles. The van der Waals surface area contributed by atoms with Crippen LogP contribution in [-0.2, 0) is 18.3 Å². The number of rotatable bonds is 9. The number of anilines is 1. The molecule has 0 atom stereocenters. The molecule has 8 nitrogen and oxygen atoms in total. The van der Waals surface area contributed by atoms with Crippen molar-refractivity contribution in [2.24, 2.45) is 7.05 Å². The zero-order valence-electron chi connectivity index (χ0n) is 20.0. The van der Waals surface area contributed by atoms with Crippen LogP contribution in [-0.4, -0.2) is 41.6 Å². The number of aromatic nitrogens is 2. The summed E-state index contributed by atoms with van der Waals surface area (Å²) in [5.41, 5.74) is 3.90. The van der Waals surface area contributed by atoms with E-state index in [-0.39, 0.29) is 18.4 Å². The minimum absolute atomic E-state index is 0.0825. The molecule has 0 saturated heterocycles. The molecule has 2 amide bonds. The Bertz CT molecular complexity index is 1360. The quantitative estimate of drug-likeness (QED) is 0.386. The number of ether oxygens (including phenoxy) is 2. The van der Waals surface area contributed by atoms with Crippen LogP contribution in [0.15, 0.2) is 66.7 Å². The molecule has 0 spiro atoms. The molecule has 0 aliphatic carbocycles. The zero-order chi connectivity index (χ0) is 24.8. The maximum absolute atomic E-state index is 12.5. The summed E-state index contributed by atoms with van der Waals surface area (Å²) in [7, 11) is 3.47. The van der Waals surface area contributed by atoms with E-state index in [2.05, 4.69) is 10.6 Å². The lowest BCUT2D eigenvalue weighted by Gasteiger charge is -2.09. The van der Waals surface area contributed by atoms with Crippen LogP contribution in [0.1, 0.15) is 21.7 Å². The van der Waals surface area contributed by atoms with Gasteiger partial charge in [0, 0.05) is 25.7 Å². The first-order valence-electron chi connectivity index (χ1n) is 11.3. The fourth-order valence-electron chi connectivity index (χ4n) is 3.82. The highest BCUT2D eigenvalue weighted by Crippen LogP contribution is 2.21. The SMILES string of the molecule is COc1ccccc1C(=O)NCCc1nc2cc(NC(=O)COc3cccc(C)c3)ccc2n1C. The molecule has 0 bridgehead atoms. The normalized spacial score (nSPS) is 10.7. The van der Waals surface area contributed by atoms with Gasteiger partial charge in [-0.05, 0) is 55.0 Å². The number of carbonyl (C=O) groups is 2. The minimum atomic E-state index is -0.249. The molecule has 0 fully saturated rings. The van der Waals surface area contributed by atoms with Crippen molar-refractivity contribution < 1.29 is 19.1 Å². The summed E-state index contributed by atoms with van der Waals surface area (Å²) in [6.07, 6.45) is 0.554. The van der Waals surface area contributed by atoms with E-state index in [4.69, 9.17) is 14.5 Å². The van der Waals surface area contributed by atoms with Gasteiger partial charge < -0.3 is 24.7 Å². The summed E-state index contributed by atoms with van der Waals surface area (Å²) in [5.74, 6) is 1.57. The summed E-state index contributed by atoms with van der Waals surface area (Å²) < 4.78 is 12.8. The molecule has 8 heteroatoms. The van der Waals surface area contributed by atoms with Crippen molar-refractivity contribution in [1.29, 1.82) is 0 Å². The predicted octanol–water partition coefficient (Wildman–Crippen LogP) is 3.88. The van der Waals surface area contributed by atoms with Crippen molar-refractivity contribution in [3.05, 3.63) is 83.7 Å². The zero-order valence-corrected chi connectivity index (χ0v) is 20.0. The second-order valence-corrected chi connectivity index (χ2v) is 8.15. The Balaban J connectivity index is 1.35. The third kappa shape index (κ3) is 5.78. The summed E-state index contributed by atoms with van der Waals surface area (Å²) in [6.45, 7) is 2.31. The summed E-state index contributed by atoms with van der Waals surface area (Å²) >= 11 is 0. The predicted molar refractivity (Wildman–Crippen MR) is 135 cm³/mol. The Morgan fingerprint density at radius 1 is 1.03 bits per heavy atom. The van der Waals surface area contributed by atoms with Gasteiger partial charge in [0.05, 0.1) is 23.7 Å². The molecule has 2 N–H and O–H groups in total. The Kier molecular flexibility index (Phi) is 7.30. The van der Waals surface area contributed by atoms with Gasteiger partial charge in [-0.1, -0.05) is 24.3 Å². The number of methoxy groups -OCH3 is 1. The molecule has 1 heterocycles. The van der Waals surface area contributed by atoms with Crippen molar-refractivity contribution in [3.8, 4) is 11.5 Å². The fraction of sp³-hybridized carbons (Fsp3) is 0.222.